The second kappa shape index (κ2) is 9.05. The summed E-state index contributed by atoms with van der Waals surface area (Å²) in [5.74, 6) is -1.05. The molecule has 3 aromatic carbocycles. The van der Waals surface area contributed by atoms with E-state index in [-0.39, 0.29) is 16.5 Å². The number of hydrogen-bond donors (Lipinski definition) is 1. The average molecular weight is 491 g/mol. The van der Waals surface area contributed by atoms with E-state index in [4.69, 9.17) is 11.6 Å². The van der Waals surface area contributed by atoms with Crippen LogP contribution in [-0.4, -0.2) is 11.8 Å². The minimum Gasteiger partial charge on any atom is -0.322 e. The Kier molecular flexibility index (Phi) is 5.94. The van der Waals surface area contributed by atoms with Crippen LogP contribution in [0, 0.1) is 12.7 Å². The lowest BCUT2D eigenvalue weighted by atomic mass is 10.0. The molecule has 0 fully saturated rings. The van der Waals surface area contributed by atoms with Crippen molar-refractivity contribution in [3.63, 3.8) is 0 Å². The molecule has 1 N–H and O–H groups in total. The Labute approximate surface area is 205 Å². The maximum absolute atomic E-state index is 13.7. The number of anilines is 2. The molecule has 0 saturated carbocycles. The Morgan fingerprint density at radius 2 is 1.79 bits per heavy atom. The third kappa shape index (κ3) is 4.22. The van der Waals surface area contributed by atoms with Gasteiger partial charge in [0.2, 0.25) is 0 Å². The average Bonchev–Trinajstić information content (AvgIpc) is 3.17. The maximum Gasteiger partial charge on any atom is 0.258 e. The first-order valence-electron chi connectivity index (χ1n) is 10.7. The van der Waals surface area contributed by atoms with Crippen molar-refractivity contribution in [2.24, 2.45) is 0 Å². The van der Waals surface area contributed by atoms with Crippen LogP contribution in [0.3, 0.4) is 0 Å². The summed E-state index contributed by atoms with van der Waals surface area (Å²) in [6.07, 6.45) is 0.808. The Morgan fingerprint density at radius 1 is 1.00 bits per heavy atom. The molecule has 4 nitrogen and oxygen atoms in total. The highest BCUT2D eigenvalue weighted by atomic mass is 35.5. The van der Waals surface area contributed by atoms with Crippen LogP contribution in [0.15, 0.2) is 72.1 Å². The van der Waals surface area contributed by atoms with Crippen molar-refractivity contribution in [3.05, 3.63) is 116 Å². The largest absolute Gasteiger partial charge is 0.322 e. The van der Waals surface area contributed by atoms with Crippen LogP contribution in [0.2, 0.25) is 5.02 Å². The summed E-state index contributed by atoms with van der Waals surface area (Å²) in [5.41, 5.74) is 5.19. The minimum absolute atomic E-state index is 0.0358. The monoisotopic (exact) mass is 490 g/mol. The molecule has 0 saturated heterocycles. The van der Waals surface area contributed by atoms with Crippen LogP contribution in [0.1, 0.15) is 42.3 Å². The van der Waals surface area contributed by atoms with Crippen molar-refractivity contribution < 1.29 is 14.0 Å². The fraction of sp³-hybridized carbons (Fsp3) is 0.111. The Morgan fingerprint density at radius 3 is 2.59 bits per heavy atom. The van der Waals surface area contributed by atoms with E-state index >= 15 is 0 Å². The highest BCUT2D eigenvalue weighted by Gasteiger charge is 2.26. The van der Waals surface area contributed by atoms with Crippen LogP contribution in [0.4, 0.5) is 15.8 Å². The lowest BCUT2D eigenvalue weighted by Crippen LogP contribution is -2.31. The van der Waals surface area contributed by atoms with Crippen molar-refractivity contribution in [1.82, 2.24) is 0 Å². The topological polar surface area (TPSA) is 49.4 Å². The van der Waals surface area contributed by atoms with Crippen LogP contribution >= 0.6 is 22.9 Å². The molecule has 4 aromatic rings. The van der Waals surface area contributed by atoms with Gasteiger partial charge in [-0.3, -0.25) is 9.59 Å². The fourth-order valence-corrected chi connectivity index (χ4v) is 5.37. The number of nitrogens with zero attached hydrogens (tertiary/aromatic N) is 1. The standard InChI is InChI=1S/C27H20ClFN2O2S/c1-16-12-20(30-26(32)22-8-6-19(29)14-23(22)28)7-9-21(16)27(33)31-15-18-10-11-34-25(18)13-17-4-2-3-5-24(17)31/h2-12,14H,13,15H2,1H3,(H,30,32). The molecule has 7 heteroatoms. The molecule has 1 aromatic heterocycles. The summed E-state index contributed by atoms with van der Waals surface area (Å²) in [5, 5.41) is 4.87. The van der Waals surface area contributed by atoms with Gasteiger partial charge < -0.3 is 10.2 Å². The summed E-state index contributed by atoms with van der Waals surface area (Å²) in [6, 6.07) is 18.9. The van der Waals surface area contributed by atoms with Crippen LogP contribution < -0.4 is 10.2 Å². The molecule has 0 aliphatic carbocycles. The van der Waals surface area contributed by atoms with Crippen molar-refractivity contribution in [2.75, 3.05) is 10.2 Å². The number of nitrogens with one attached hydrogen (secondary N) is 1. The van der Waals surface area contributed by atoms with Gasteiger partial charge in [0.05, 0.1) is 17.1 Å². The van der Waals surface area contributed by atoms with E-state index in [0.717, 1.165) is 34.9 Å². The van der Waals surface area contributed by atoms with Crippen LogP contribution in [0.25, 0.3) is 0 Å². The third-order valence-electron chi connectivity index (χ3n) is 5.94. The summed E-state index contributed by atoms with van der Waals surface area (Å²) in [6.45, 7) is 2.35. The number of amides is 2. The van der Waals surface area contributed by atoms with Gasteiger partial charge in [-0.1, -0.05) is 29.8 Å². The summed E-state index contributed by atoms with van der Waals surface area (Å²) in [4.78, 5) is 29.4. The zero-order valence-electron chi connectivity index (χ0n) is 18.3. The molecule has 2 amide bonds. The number of carbonyl (C=O) groups excluding carboxylic acids is 2. The second-order valence-electron chi connectivity index (χ2n) is 8.17. The SMILES string of the molecule is Cc1cc(NC(=O)c2ccc(F)cc2Cl)ccc1C(=O)N1Cc2ccsc2Cc2ccccc21. The number of para-hydroxylation sites is 1. The number of fused-ring (bicyclic) bond motifs is 2. The molecule has 0 bridgehead atoms. The molecule has 34 heavy (non-hydrogen) atoms. The molecule has 0 radical (unpaired) electrons. The van der Waals surface area contributed by atoms with Gasteiger partial charge in [0.1, 0.15) is 5.82 Å². The molecular weight excluding hydrogens is 471 g/mol. The van der Waals surface area contributed by atoms with E-state index in [0.29, 0.717) is 17.8 Å². The van der Waals surface area contributed by atoms with Gasteiger partial charge in [0, 0.05) is 28.2 Å². The first-order valence-corrected chi connectivity index (χ1v) is 12.0. The van der Waals surface area contributed by atoms with Crippen molar-refractivity contribution in [3.8, 4) is 0 Å². The number of thiophene rings is 1. The fourth-order valence-electron chi connectivity index (χ4n) is 4.20. The Balaban J connectivity index is 1.42. The van der Waals surface area contributed by atoms with Gasteiger partial charge >= 0.3 is 0 Å². The molecule has 0 unspecified atom stereocenters. The van der Waals surface area contributed by atoms with E-state index in [9.17, 15) is 14.0 Å². The molecule has 5 rings (SSSR count). The predicted molar refractivity (Wildman–Crippen MR) is 135 cm³/mol. The number of hydrogen-bond acceptors (Lipinski definition) is 3. The van der Waals surface area contributed by atoms with Gasteiger partial charge in [-0.15, -0.1) is 11.3 Å². The zero-order valence-corrected chi connectivity index (χ0v) is 19.8. The summed E-state index contributed by atoms with van der Waals surface area (Å²) < 4.78 is 13.3. The van der Waals surface area contributed by atoms with Gasteiger partial charge in [-0.25, -0.2) is 4.39 Å². The lowest BCUT2D eigenvalue weighted by Gasteiger charge is -2.24. The van der Waals surface area contributed by atoms with Crippen LogP contribution in [-0.2, 0) is 13.0 Å². The molecule has 170 valence electrons. The first-order chi connectivity index (χ1) is 16.4. The quantitative estimate of drug-likeness (QED) is 0.341. The van der Waals surface area contributed by atoms with Crippen molar-refractivity contribution >= 4 is 46.1 Å². The highest BCUT2D eigenvalue weighted by Crippen LogP contribution is 2.34. The van der Waals surface area contributed by atoms with Crippen LogP contribution in [0.5, 0.6) is 0 Å². The number of carbonyl (C=O) groups is 2. The zero-order chi connectivity index (χ0) is 23.8. The minimum atomic E-state index is -0.509. The van der Waals surface area contributed by atoms with E-state index in [1.807, 2.05) is 30.0 Å². The molecule has 0 atom stereocenters. The number of halogens is 2. The molecule has 0 spiro atoms. The van der Waals surface area contributed by atoms with E-state index in [1.54, 1.807) is 29.5 Å². The predicted octanol–water partition coefficient (Wildman–Crippen LogP) is 6.85. The van der Waals surface area contributed by atoms with Crippen molar-refractivity contribution in [2.45, 2.75) is 19.9 Å². The van der Waals surface area contributed by atoms with Gasteiger partial charge in [0.15, 0.2) is 0 Å². The summed E-state index contributed by atoms with van der Waals surface area (Å²) in [7, 11) is 0. The number of rotatable bonds is 3. The first kappa shape index (κ1) is 22.3. The maximum atomic E-state index is 13.7. The second-order valence-corrected chi connectivity index (χ2v) is 9.58. The molecular formula is C27H20ClFN2O2S. The normalized spacial score (nSPS) is 12.5. The van der Waals surface area contributed by atoms with Gasteiger partial charge in [-0.05, 0) is 77.5 Å². The Bertz CT molecular complexity index is 1430. The molecule has 2 heterocycles. The third-order valence-corrected chi connectivity index (χ3v) is 7.21. The molecule has 1 aliphatic rings. The number of aryl methyl sites for hydroxylation is 1. The smallest absolute Gasteiger partial charge is 0.258 e. The molecule has 1 aliphatic heterocycles. The Hall–Kier alpha value is -3.48. The van der Waals surface area contributed by atoms with E-state index in [1.165, 1.54) is 17.0 Å². The van der Waals surface area contributed by atoms with E-state index in [2.05, 4.69) is 22.8 Å². The highest BCUT2D eigenvalue weighted by molar-refractivity contribution is 7.10. The van der Waals surface area contributed by atoms with Gasteiger partial charge in [-0.2, -0.15) is 0 Å². The van der Waals surface area contributed by atoms with E-state index < -0.39 is 11.7 Å². The number of benzene rings is 3. The summed E-state index contributed by atoms with van der Waals surface area (Å²) >= 11 is 7.72. The van der Waals surface area contributed by atoms with Crippen molar-refractivity contribution in [1.29, 1.82) is 0 Å². The van der Waals surface area contributed by atoms with Gasteiger partial charge in [0.25, 0.3) is 11.8 Å². The lowest BCUT2D eigenvalue weighted by molar-refractivity contribution is 0.0983.